The zero-order chi connectivity index (χ0) is 16.9. The van der Waals surface area contributed by atoms with Crippen molar-refractivity contribution in [3.05, 3.63) is 53.9 Å². The summed E-state index contributed by atoms with van der Waals surface area (Å²) < 4.78 is 0. The number of aryl methyl sites for hydroxylation is 1. The summed E-state index contributed by atoms with van der Waals surface area (Å²) in [6.45, 7) is 4.27. The number of nitrogens with one attached hydrogen (secondary N) is 1. The second-order valence-corrected chi connectivity index (χ2v) is 5.84. The highest BCUT2D eigenvalue weighted by atomic mass is 16.2. The van der Waals surface area contributed by atoms with E-state index in [2.05, 4.69) is 10.3 Å². The van der Waals surface area contributed by atoms with Crippen molar-refractivity contribution in [3.8, 4) is 0 Å². The minimum absolute atomic E-state index is 0.0542. The maximum absolute atomic E-state index is 12.6. The van der Waals surface area contributed by atoms with Gasteiger partial charge in [0.25, 0.3) is 5.91 Å². The number of aromatic nitrogens is 1. The van der Waals surface area contributed by atoms with Crippen molar-refractivity contribution in [2.45, 2.75) is 6.92 Å². The van der Waals surface area contributed by atoms with E-state index in [-0.39, 0.29) is 5.91 Å². The van der Waals surface area contributed by atoms with Gasteiger partial charge in [-0.2, -0.15) is 0 Å². The molecule has 0 atom stereocenters. The monoisotopic (exact) mass is 324 g/mol. The third kappa shape index (κ3) is 3.53. The average Bonchev–Trinajstić information content (AvgIpc) is 2.63. The quantitative estimate of drug-likeness (QED) is 0.874. The lowest BCUT2D eigenvalue weighted by Crippen LogP contribution is -2.48. The number of anilines is 2. The summed E-state index contributed by atoms with van der Waals surface area (Å²) >= 11 is 0. The van der Waals surface area contributed by atoms with Crippen molar-refractivity contribution in [1.29, 1.82) is 0 Å². The number of piperazine rings is 1. The molecule has 2 amide bonds. The minimum Gasteiger partial charge on any atom is -0.354 e. The number of rotatable bonds is 4. The van der Waals surface area contributed by atoms with Gasteiger partial charge in [-0.1, -0.05) is 18.2 Å². The zero-order valence-electron chi connectivity index (χ0n) is 13.6. The molecule has 1 saturated heterocycles. The van der Waals surface area contributed by atoms with Crippen LogP contribution < -0.4 is 5.32 Å². The molecule has 2 heterocycles. The van der Waals surface area contributed by atoms with Crippen molar-refractivity contribution in [3.63, 3.8) is 0 Å². The lowest BCUT2D eigenvalue weighted by Gasteiger charge is -2.32. The summed E-state index contributed by atoms with van der Waals surface area (Å²) in [6.07, 6.45) is 4.11. The third-order valence-corrected chi connectivity index (χ3v) is 4.16. The zero-order valence-corrected chi connectivity index (χ0v) is 13.6. The molecule has 6 heteroatoms. The fourth-order valence-electron chi connectivity index (χ4n) is 2.71. The second kappa shape index (κ2) is 7.12. The average molecular weight is 324 g/mol. The molecule has 1 aromatic heterocycles. The SMILES string of the molecule is Cc1ccccc1Nc1cncc(C(=O)N2CCN(C=O)CC2)c1. The van der Waals surface area contributed by atoms with Gasteiger partial charge in [-0.25, -0.2) is 0 Å². The standard InChI is InChI=1S/C18H20N4O2/c1-14-4-2-3-5-17(14)20-16-10-15(11-19-12-16)18(24)22-8-6-21(13-23)7-9-22/h2-5,10-13,20H,6-9H2,1H3. The highest BCUT2D eigenvalue weighted by Crippen LogP contribution is 2.20. The van der Waals surface area contributed by atoms with E-state index in [0.29, 0.717) is 31.7 Å². The van der Waals surface area contributed by atoms with Crippen LogP contribution in [0, 0.1) is 6.92 Å². The van der Waals surface area contributed by atoms with E-state index in [1.165, 1.54) is 0 Å². The molecule has 124 valence electrons. The van der Waals surface area contributed by atoms with Crippen LogP contribution >= 0.6 is 0 Å². The number of carbonyl (C=O) groups is 2. The van der Waals surface area contributed by atoms with Gasteiger partial charge in [0, 0.05) is 38.1 Å². The van der Waals surface area contributed by atoms with Gasteiger partial charge in [-0.05, 0) is 24.6 Å². The predicted molar refractivity (Wildman–Crippen MR) is 92.2 cm³/mol. The van der Waals surface area contributed by atoms with E-state index in [4.69, 9.17) is 0 Å². The number of benzene rings is 1. The van der Waals surface area contributed by atoms with Gasteiger partial charge in [-0.15, -0.1) is 0 Å². The molecule has 3 rings (SSSR count). The molecule has 1 aliphatic heterocycles. The van der Waals surface area contributed by atoms with E-state index in [0.717, 1.165) is 23.3 Å². The van der Waals surface area contributed by atoms with Crippen LogP contribution in [0.15, 0.2) is 42.7 Å². The molecule has 0 aliphatic carbocycles. The van der Waals surface area contributed by atoms with Crippen molar-refractivity contribution < 1.29 is 9.59 Å². The molecular weight excluding hydrogens is 304 g/mol. The third-order valence-electron chi connectivity index (χ3n) is 4.16. The van der Waals surface area contributed by atoms with E-state index in [1.807, 2.05) is 37.3 Å². The van der Waals surface area contributed by atoms with Gasteiger partial charge in [-0.3, -0.25) is 14.6 Å². The van der Waals surface area contributed by atoms with Gasteiger partial charge in [0.2, 0.25) is 6.41 Å². The van der Waals surface area contributed by atoms with E-state index in [1.54, 1.807) is 22.2 Å². The molecular formula is C18H20N4O2. The molecule has 0 bridgehead atoms. The Balaban J connectivity index is 1.72. The Kier molecular flexibility index (Phi) is 4.74. The minimum atomic E-state index is -0.0542. The molecule has 2 aromatic rings. The lowest BCUT2D eigenvalue weighted by molar-refractivity contribution is -0.119. The number of amides is 2. The number of hydrogen-bond donors (Lipinski definition) is 1. The first-order valence-corrected chi connectivity index (χ1v) is 7.93. The molecule has 24 heavy (non-hydrogen) atoms. The molecule has 1 aromatic carbocycles. The smallest absolute Gasteiger partial charge is 0.255 e. The van der Waals surface area contributed by atoms with E-state index >= 15 is 0 Å². The molecule has 1 aliphatic rings. The van der Waals surface area contributed by atoms with Crippen LogP contribution in [0.4, 0.5) is 11.4 Å². The Morgan fingerprint density at radius 3 is 2.62 bits per heavy atom. The predicted octanol–water partition coefficient (Wildman–Crippen LogP) is 2.05. The van der Waals surface area contributed by atoms with Gasteiger partial charge in [0.15, 0.2) is 0 Å². The number of pyridine rings is 1. The molecule has 1 fully saturated rings. The van der Waals surface area contributed by atoms with E-state index in [9.17, 15) is 9.59 Å². The molecule has 6 nitrogen and oxygen atoms in total. The summed E-state index contributed by atoms with van der Waals surface area (Å²) in [5, 5.41) is 3.30. The Labute approximate surface area is 141 Å². The van der Waals surface area contributed by atoms with Crippen LogP contribution in [-0.2, 0) is 4.79 Å². The lowest BCUT2D eigenvalue weighted by atomic mass is 10.2. The normalized spacial score (nSPS) is 14.4. The van der Waals surface area contributed by atoms with Crippen LogP contribution in [0.1, 0.15) is 15.9 Å². The van der Waals surface area contributed by atoms with Crippen LogP contribution in [0.2, 0.25) is 0 Å². The van der Waals surface area contributed by atoms with Crippen molar-refractivity contribution in [1.82, 2.24) is 14.8 Å². The fraction of sp³-hybridized carbons (Fsp3) is 0.278. The van der Waals surface area contributed by atoms with Crippen molar-refractivity contribution in [2.75, 3.05) is 31.5 Å². The van der Waals surface area contributed by atoms with Crippen molar-refractivity contribution >= 4 is 23.7 Å². The number of para-hydroxylation sites is 1. The highest BCUT2D eigenvalue weighted by Gasteiger charge is 2.21. The Morgan fingerprint density at radius 2 is 1.92 bits per heavy atom. The highest BCUT2D eigenvalue weighted by molar-refractivity contribution is 5.95. The largest absolute Gasteiger partial charge is 0.354 e. The molecule has 0 saturated carbocycles. The van der Waals surface area contributed by atoms with Gasteiger partial charge in [0.1, 0.15) is 0 Å². The first-order chi connectivity index (χ1) is 11.7. The first kappa shape index (κ1) is 16.0. The number of carbonyl (C=O) groups excluding carboxylic acids is 2. The van der Waals surface area contributed by atoms with Crippen LogP contribution in [0.25, 0.3) is 0 Å². The Hall–Kier alpha value is -2.89. The fourth-order valence-corrected chi connectivity index (χ4v) is 2.71. The van der Waals surface area contributed by atoms with Crippen molar-refractivity contribution in [2.24, 2.45) is 0 Å². The van der Waals surface area contributed by atoms with Gasteiger partial charge < -0.3 is 15.1 Å². The van der Waals surface area contributed by atoms with Gasteiger partial charge in [0.05, 0.1) is 17.4 Å². The summed E-state index contributed by atoms with van der Waals surface area (Å²) in [4.78, 5) is 31.0. The van der Waals surface area contributed by atoms with Crippen LogP contribution in [0.5, 0.6) is 0 Å². The molecule has 0 spiro atoms. The number of nitrogens with zero attached hydrogens (tertiary/aromatic N) is 3. The first-order valence-electron chi connectivity index (χ1n) is 7.93. The van der Waals surface area contributed by atoms with Crippen LogP contribution in [0.3, 0.4) is 0 Å². The van der Waals surface area contributed by atoms with Gasteiger partial charge >= 0.3 is 0 Å². The maximum atomic E-state index is 12.6. The summed E-state index contributed by atoms with van der Waals surface area (Å²) in [7, 11) is 0. The molecule has 0 unspecified atom stereocenters. The Bertz CT molecular complexity index is 739. The second-order valence-electron chi connectivity index (χ2n) is 5.84. The Morgan fingerprint density at radius 1 is 1.17 bits per heavy atom. The summed E-state index contributed by atoms with van der Waals surface area (Å²) in [5.41, 5.74) is 3.44. The number of hydrogen-bond acceptors (Lipinski definition) is 4. The summed E-state index contributed by atoms with van der Waals surface area (Å²) in [5.74, 6) is -0.0542. The van der Waals surface area contributed by atoms with Crippen LogP contribution in [-0.4, -0.2) is 53.3 Å². The summed E-state index contributed by atoms with van der Waals surface area (Å²) in [6, 6.07) is 9.77. The molecule has 1 N–H and O–H groups in total. The maximum Gasteiger partial charge on any atom is 0.255 e. The van der Waals surface area contributed by atoms with E-state index < -0.39 is 0 Å². The molecule has 0 radical (unpaired) electrons. The topological polar surface area (TPSA) is 65.5 Å².